The molecule has 0 spiro atoms. The summed E-state index contributed by atoms with van der Waals surface area (Å²) in [5, 5.41) is 0.736. The van der Waals surface area contributed by atoms with Gasteiger partial charge in [0.1, 0.15) is 0 Å². The molecule has 22 heavy (non-hydrogen) atoms. The van der Waals surface area contributed by atoms with Crippen LogP contribution in [0.3, 0.4) is 0 Å². The number of fused-ring (bicyclic) bond motifs is 1. The molecule has 0 bridgehead atoms. The summed E-state index contributed by atoms with van der Waals surface area (Å²) < 4.78 is 25.0. The molecule has 6 heteroatoms. The van der Waals surface area contributed by atoms with Gasteiger partial charge in [-0.2, -0.15) is 0 Å². The summed E-state index contributed by atoms with van der Waals surface area (Å²) in [4.78, 5) is 6.85. The third-order valence-corrected chi connectivity index (χ3v) is 7.07. The molecule has 1 saturated heterocycles. The molecule has 1 aromatic carbocycles. The van der Waals surface area contributed by atoms with Crippen molar-refractivity contribution in [3.05, 3.63) is 33.9 Å². The molecule has 1 unspecified atom stereocenters. The van der Waals surface area contributed by atoms with E-state index in [0.717, 1.165) is 32.3 Å². The Balaban J connectivity index is 2.18. The van der Waals surface area contributed by atoms with Crippen molar-refractivity contribution in [2.75, 3.05) is 23.7 Å². The monoisotopic (exact) mass is 382 g/mol. The van der Waals surface area contributed by atoms with Crippen LogP contribution in [0.2, 0.25) is 0 Å². The van der Waals surface area contributed by atoms with Gasteiger partial charge in [-0.1, -0.05) is 15.9 Å². The Labute approximate surface area is 139 Å². The van der Waals surface area contributed by atoms with Crippen molar-refractivity contribution in [3.8, 4) is 0 Å². The third kappa shape index (κ3) is 2.63. The first kappa shape index (κ1) is 15.7. The smallest absolute Gasteiger partial charge is 0.156 e. The molecule has 2 heterocycles. The summed E-state index contributed by atoms with van der Waals surface area (Å²) in [6.45, 7) is 6.94. The molecule has 1 fully saturated rings. The fraction of sp³-hybridized carbons (Fsp3) is 0.438. The first-order valence-corrected chi connectivity index (χ1v) is 9.83. The number of aromatic nitrogens is 1. The van der Waals surface area contributed by atoms with E-state index in [-0.39, 0.29) is 11.0 Å². The lowest BCUT2D eigenvalue weighted by atomic mass is 10.1. The average molecular weight is 383 g/mol. The second-order valence-electron chi connectivity index (χ2n) is 5.96. The molecule has 2 aromatic rings. The van der Waals surface area contributed by atoms with E-state index in [1.807, 2.05) is 19.1 Å². The molecule has 0 saturated carbocycles. The fourth-order valence-corrected chi connectivity index (χ4v) is 4.64. The molecule has 4 nitrogen and oxygen atoms in total. The summed E-state index contributed by atoms with van der Waals surface area (Å²) in [6.07, 6.45) is 0. The number of anilines is 1. The number of nitrogens with zero attached hydrogens (tertiary/aromatic N) is 2. The highest BCUT2D eigenvalue weighted by molar-refractivity contribution is 9.10. The molecule has 1 atom stereocenters. The topological polar surface area (TPSA) is 50.3 Å². The zero-order chi connectivity index (χ0) is 16.1. The van der Waals surface area contributed by atoms with Crippen molar-refractivity contribution in [2.24, 2.45) is 0 Å². The van der Waals surface area contributed by atoms with Crippen LogP contribution in [0.25, 0.3) is 10.9 Å². The SMILES string of the molecule is Cc1nc2ccc(Br)cc2c(N2CCS(=O)(=O)C(C)C2)c1C. The van der Waals surface area contributed by atoms with Crippen LogP contribution in [0.1, 0.15) is 18.2 Å². The number of hydrogen-bond donors (Lipinski definition) is 0. The van der Waals surface area contributed by atoms with Gasteiger partial charge in [0, 0.05) is 28.6 Å². The molecule has 118 valence electrons. The summed E-state index contributed by atoms with van der Waals surface area (Å²) >= 11 is 3.52. The lowest BCUT2D eigenvalue weighted by Crippen LogP contribution is -2.46. The van der Waals surface area contributed by atoms with Crippen LogP contribution < -0.4 is 4.90 Å². The Kier molecular flexibility index (Phi) is 3.93. The third-order valence-electron chi connectivity index (χ3n) is 4.45. The van der Waals surface area contributed by atoms with E-state index < -0.39 is 9.84 Å². The van der Waals surface area contributed by atoms with Crippen LogP contribution in [0.4, 0.5) is 5.69 Å². The highest BCUT2D eigenvalue weighted by Gasteiger charge is 2.31. The summed E-state index contributed by atoms with van der Waals surface area (Å²) in [5.74, 6) is 0.213. The van der Waals surface area contributed by atoms with Crippen LogP contribution in [0.15, 0.2) is 22.7 Å². The second-order valence-corrected chi connectivity index (χ2v) is 9.41. The van der Waals surface area contributed by atoms with Gasteiger partial charge >= 0.3 is 0 Å². The van der Waals surface area contributed by atoms with Gasteiger partial charge in [-0.05, 0) is 44.5 Å². The minimum Gasteiger partial charge on any atom is -0.368 e. The number of hydrogen-bond acceptors (Lipinski definition) is 4. The minimum atomic E-state index is -2.95. The van der Waals surface area contributed by atoms with Crippen LogP contribution in [-0.2, 0) is 9.84 Å². The van der Waals surface area contributed by atoms with Crippen molar-refractivity contribution in [1.82, 2.24) is 4.98 Å². The van der Waals surface area contributed by atoms with E-state index in [0.29, 0.717) is 13.1 Å². The lowest BCUT2D eigenvalue weighted by Gasteiger charge is -2.34. The van der Waals surface area contributed by atoms with Crippen LogP contribution in [0.5, 0.6) is 0 Å². The van der Waals surface area contributed by atoms with E-state index in [9.17, 15) is 8.42 Å². The Bertz CT molecular complexity index is 849. The molecule has 0 aliphatic carbocycles. The zero-order valence-electron chi connectivity index (χ0n) is 12.9. The summed E-state index contributed by atoms with van der Waals surface area (Å²) in [5.41, 5.74) is 4.18. The highest BCUT2D eigenvalue weighted by Crippen LogP contribution is 2.34. The molecule has 0 amide bonds. The molecule has 0 N–H and O–H groups in total. The Morgan fingerprint density at radius 3 is 2.73 bits per heavy atom. The van der Waals surface area contributed by atoms with Gasteiger partial charge in [0.2, 0.25) is 0 Å². The van der Waals surface area contributed by atoms with Gasteiger partial charge in [-0.25, -0.2) is 8.42 Å². The van der Waals surface area contributed by atoms with E-state index in [4.69, 9.17) is 0 Å². The standard InChI is InChI=1S/C16H19BrN2O2S/c1-10-9-19(6-7-22(10,20)21)16-11(2)12(3)18-15-5-4-13(17)8-14(15)16/h4-5,8,10H,6-7,9H2,1-3H3. The van der Waals surface area contributed by atoms with Gasteiger partial charge in [0.15, 0.2) is 9.84 Å². The van der Waals surface area contributed by atoms with E-state index in [1.54, 1.807) is 6.92 Å². The number of pyridine rings is 1. The normalized spacial score (nSPS) is 21.3. The van der Waals surface area contributed by atoms with Crippen LogP contribution in [-0.4, -0.2) is 37.5 Å². The molecule has 0 radical (unpaired) electrons. The van der Waals surface area contributed by atoms with Gasteiger partial charge < -0.3 is 4.90 Å². The van der Waals surface area contributed by atoms with Crippen molar-refractivity contribution in [3.63, 3.8) is 0 Å². The fourth-order valence-electron chi connectivity index (χ4n) is 3.00. The van der Waals surface area contributed by atoms with Crippen molar-refractivity contribution >= 4 is 42.4 Å². The lowest BCUT2D eigenvalue weighted by molar-refractivity contribution is 0.569. The molecule has 3 rings (SSSR count). The number of benzene rings is 1. The number of halogens is 1. The summed E-state index contributed by atoms with van der Waals surface area (Å²) in [7, 11) is -2.95. The average Bonchev–Trinajstić information content (AvgIpc) is 2.45. The first-order valence-electron chi connectivity index (χ1n) is 7.32. The maximum absolute atomic E-state index is 12.0. The van der Waals surface area contributed by atoms with E-state index >= 15 is 0 Å². The van der Waals surface area contributed by atoms with Gasteiger partial charge in [0.25, 0.3) is 0 Å². The van der Waals surface area contributed by atoms with Crippen molar-refractivity contribution in [1.29, 1.82) is 0 Å². The molecule has 1 aliphatic heterocycles. The zero-order valence-corrected chi connectivity index (χ0v) is 15.3. The van der Waals surface area contributed by atoms with Crippen molar-refractivity contribution in [2.45, 2.75) is 26.0 Å². The molecular formula is C16H19BrN2O2S. The van der Waals surface area contributed by atoms with Gasteiger partial charge in [-0.15, -0.1) is 0 Å². The van der Waals surface area contributed by atoms with Crippen LogP contribution >= 0.6 is 15.9 Å². The van der Waals surface area contributed by atoms with Crippen molar-refractivity contribution < 1.29 is 8.42 Å². The Morgan fingerprint density at radius 1 is 1.32 bits per heavy atom. The van der Waals surface area contributed by atoms with Crippen LogP contribution in [0, 0.1) is 13.8 Å². The Hall–Kier alpha value is -1.14. The quantitative estimate of drug-likeness (QED) is 0.759. The van der Waals surface area contributed by atoms with Gasteiger partial charge in [-0.3, -0.25) is 4.98 Å². The van der Waals surface area contributed by atoms with E-state index in [1.165, 1.54) is 0 Å². The molecule has 1 aromatic heterocycles. The second kappa shape index (κ2) is 5.49. The van der Waals surface area contributed by atoms with Gasteiger partial charge in [0.05, 0.1) is 22.2 Å². The predicted octanol–water partition coefficient (Wildman–Crippen LogP) is 3.24. The number of rotatable bonds is 1. The number of aryl methyl sites for hydroxylation is 1. The summed E-state index contributed by atoms with van der Waals surface area (Å²) in [6, 6.07) is 6.05. The first-order chi connectivity index (χ1) is 10.3. The number of sulfone groups is 1. The maximum Gasteiger partial charge on any atom is 0.156 e. The molecule has 1 aliphatic rings. The largest absolute Gasteiger partial charge is 0.368 e. The highest BCUT2D eigenvalue weighted by atomic mass is 79.9. The Morgan fingerprint density at radius 2 is 2.05 bits per heavy atom. The van der Waals surface area contributed by atoms with E-state index in [2.05, 4.69) is 38.8 Å². The predicted molar refractivity (Wildman–Crippen MR) is 94.4 cm³/mol. The minimum absolute atomic E-state index is 0.213. The molecular weight excluding hydrogens is 364 g/mol. The maximum atomic E-state index is 12.0.